The maximum Gasteiger partial charge on any atom is 0.716 e. The van der Waals surface area contributed by atoms with Crippen molar-refractivity contribution < 1.29 is 13.7 Å². The van der Waals surface area contributed by atoms with E-state index < -0.39 is 8.25 Å². The number of hydrogen-bond donors (Lipinski definition) is 2. The third-order valence-electron chi connectivity index (χ3n) is 0.620. The van der Waals surface area contributed by atoms with Crippen LogP contribution in [0.1, 0.15) is 6.92 Å². The summed E-state index contributed by atoms with van der Waals surface area (Å²) in [7, 11) is -2.01. The standard InChI is InChI=1S/C4H12N2O3P/c1-2-8-10(7)9-6-4-3-5/h6H,2-5H2,1H3/q+1. The number of rotatable bonds is 6. The van der Waals surface area contributed by atoms with E-state index in [4.69, 9.17) is 5.73 Å². The molecule has 0 aromatic rings. The molecule has 0 amide bonds. The lowest BCUT2D eigenvalue weighted by Gasteiger charge is -1.89. The maximum absolute atomic E-state index is 10.5. The van der Waals surface area contributed by atoms with E-state index in [-0.39, 0.29) is 0 Å². The van der Waals surface area contributed by atoms with Crippen LogP contribution < -0.4 is 11.2 Å². The van der Waals surface area contributed by atoms with Crippen molar-refractivity contribution >= 4 is 8.25 Å². The highest BCUT2D eigenvalue weighted by molar-refractivity contribution is 7.33. The van der Waals surface area contributed by atoms with Crippen molar-refractivity contribution in [3.05, 3.63) is 0 Å². The fourth-order valence-corrected chi connectivity index (χ4v) is 0.749. The molecule has 0 aliphatic rings. The number of nitrogens with two attached hydrogens (primary N) is 1. The molecular formula is C4H12N2O3P+. The first kappa shape index (κ1) is 9.94. The van der Waals surface area contributed by atoms with Crippen molar-refractivity contribution in [2.75, 3.05) is 19.7 Å². The largest absolute Gasteiger partial charge is 0.716 e. The second kappa shape index (κ2) is 7.05. The number of hydroxylamine groups is 1. The molecule has 0 heterocycles. The zero-order chi connectivity index (χ0) is 7.82. The molecule has 0 aliphatic carbocycles. The van der Waals surface area contributed by atoms with Gasteiger partial charge in [0, 0.05) is 17.7 Å². The van der Waals surface area contributed by atoms with Gasteiger partial charge in [-0.15, -0.1) is 10.0 Å². The quantitative estimate of drug-likeness (QED) is 0.335. The van der Waals surface area contributed by atoms with Crippen molar-refractivity contribution in [2.45, 2.75) is 6.92 Å². The zero-order valence-electron chi connectivity index (χ0n) is 5.87. The van der Waals surface area contributed by atoms with E-state index in [2.05, 4.69) is 14.6 Å². The fraction of sp³-hybridized carbons (Fsp3) is 1.00. The predicted octanol–water partition coefficient (Wildman–Crippen LogP) is 0.160. The molecule has 0 aromatic carbocycles. The Balaban J connectivity index is 3.05. The van der Waals surface area contributed by atoms with E-state index in [9.17, 15) is 4.57 Å². The highest BCUT2D eigenvalue weighted by Gasteiger charge is 2.18. The van der Waals surface area contributed by atoms with Gasteiger partial charge >= 0.3 is 8.25 Å². The van der Waals surface area contributed by atoms with Gasteiger partial charge in [0.1, 0.15) is 6.61 Å². The Hall–Kier alpha value is -0.0600. The molecule has 0 aromatic heterocycles. The molecule has 0 rings (SSSR count). The van der Waals surface area contributed by atoms with Crippen LogP contribution in [0.5, 0.6) is 0 Å². The summed E-state index contributed by atoms with van der Waals surface area (Å²) in [5.41, 5.74) is 7.50. The first-order valence-corrected chi connectivity index (χ1v) is 4.10. The summed E-state index contributed by atoms with van der Waals surface area (Å²) in [4.78, 5) is 0. The van der Waals surface area contributed by atoms with Crippen LogP contribution >= 0.6 is 8.25 Å². The lowest BCUT2D eigenvalue weighted by molar-refractivity contribution is 0.162. The van der Waals surface area contributed by atoms with E-state index in [0.29, 0.717) is 19.7 Å². The second-order valence-corrected chi connectivity index (χ2v) is 2.30. The summed E-state index contributed by atoms with van der Waals surface area (Å²) in [6, 6.07) is 0. The molecule has 6 heteroatoms. The first-order valence-electron chi connectivity index (χ1n) is 3.01. The highest BCUT2D eigenvalue weighted by atomic mass is 31.1. The molecule has 60 valence electrons. The van der Waals surface area contributed by atoms with Crippen LogP contribution in [0.2, 0.25) is 0 Å². The van der Waals surface area contributed by atoms with E-state index in [0.717, 1.165) is 0 Å². The van der Waals surface area contributed by atoms with E-state index in [1.165, 1.54) is 0 Å². The molecule has 0 bridgehead atoms. The van der Waals surface area contributed by atoms with Crippen molar-refractivity contribution in [1.29, 1.82) is 0 Å². The minimum Gasteiger partial charge on any atom is -0.329 e. The molecule has 5 nitrogen and oxygen atoms in total. The zero-order valence-corrected chi connectivity index (χ0v) is 6.77. The predicted molar refractivity (Wildman–Crippen MR) is 37.4 cm³/mol. The van der Waals surface area contributed by atoms with Crippen LogP contribution in [0, 0.1) is 0 Å². The Labute approximate surface area is 60.8 Å². The van der Waals surface area contributed by atoms with Gasteiger partial charge in [-0.05, 0) is 11.5 Å². The molecule has 10 heavy (non-hydrogen) atoms. The summed E-state index contributed by atoms with van der Waals surface area (Å²) >= 11 is 0. The topological polar surface area (TPSA) is 73.6 Å². The van der Waals surface area contributed by atoms with Gasteiger partial charge in [-0.1, -0.05) is 0 Å². The third-order valence-corrected chi connectivity index (χ3v) is 1.37. The Morgan fingerprint density at radius 2 is 2.40 bits per heavy atom. The summed E-state index contributed by atoms with van der Waals surface area (Å²) in [6.45, 7) is 3.02. The Morgan fingerprint density at radius 1 is 1.70 bits per heavy atom. The Kier molecular flexibility index (Phi) is 7.01. The minimum absolute atomic E-state index is 0.375. The van der Waals surface area contributed by atoms with Crippen molar-refractivity contribution in [3.8, 4) is 0 Å². The van der Waals surface area contributed by atoms with Crippen molar-refractivity contribution in [1.82, 2.24) is 5.48 Å². The number of nitrogens with one attached hydrogen (secondary N) is 1. The lowest BCUT2D eigenvalue weighted by atomic mass is 10.7. The molecule has 0 saturated heterocycles. The Morgan fingerprint density at radius 3 is 2.90 bits per heavy atom. The van der Waals surface area contributed by atoms with Gasteiger partial charge in [0.25, 0.3) is 0 Å². The average molecular weight is 167 g/mol. The summed E-state index contributed by atoms with van der Waals surface area (Å²) in [6.07, 6.45) is 0. The van der Waals surface area contributed by atoms with Gasteiger partial charge in [-0.25, -0.2) is 0 Å². The average Bonchev–Trinajstić information content (AvgIpc) is 1.89. The lowest BCUT2D eigenvalue weighted by Crippen LogP contribution is -2.20. The van der Waals surface area contributed by atoms with E-state index in [1.807, 2.05) is 0 Å². The van der Waals surface area contributed by atoms with Crippen molar-refractivity contribution in [3.63, 3.8) is 0 Å². The summed E-state index contributed by atoms with van der Waals surface area (Å²) < 4.78 is 19.6. The molecule has 0 aliphatic heterocycles. The SMILES string of the molecule is CCO[P+](=O)ONCCN. The second-order valence-electron chi connectivity index (χ2n) is 1.42. The van der Waals surface area contributed by atoms with Crippen LogP contribution in [0.15, 0.2) is 0 Å². The van der Waals surface area contributed by atoms with Gasteiger partial charge in [-0.2, -0.15) is 0 Å². The maximum atomic E-state index is 10.5. The van der Waals surface area contributed by atoms with Gasteiger partial charge in [0.05, 0.1) is 0 Å². The van der Waals surface area contributed by atoms with Gasteiger partial charge < -0.3 is 5.73 Å². The first-order chi connectivity index (χ1) is 4.81. The molecule has 0 saturated carbocycles. The molecule has 1 atom stereocenters. The van der Waals surface area contributed by atoms with E-state index >= 15 is 0 Å². The third kappa shape index (κ3) is 6.07. The minimum atomic E-state index is -2.01. The highest BCUT2D eigenvalue weighted by Crippen LogP contribution is 2.20. The van der Waals surface area contributed by atoms with Crippen LogP contribution in [-0.2, 0) is 13.7 Å². The molecule has 0 spiro atoms. The molecule has 3 N–H and O–H groups in total. The summed E-state index contributed by atoms with van der Waals surface area (Å²) in [5, 5.41) is 0. The molecule has 0 fully saturated rings. The van der Waals surface area contributed by atoms with Crippen LogP contribution in [0.25, 0.3) is 0 Å². The van der Waals surface area contributed by atoms with Crippen LogP contribution in [0.3, 0.4) is 0 Å². The Bertz CT molecular complexity index is 101. The van der Waals surface area contributed by atoms with Crippen LogP contribution in [-0.4, -0.2) is 19.7 Å². The molecular weight excluding hydrogens is 155 g/mol. The summed E-state index contributed by atoms with van der Waals surface area (Å²) in [5.74, 6) is 0. The monoisotopic (exact) mass is 167 g/mol. The molecule has 0 radical (unpaired) electrons. The smallest absolute Gasteiger partial charge is 0.329 e. The molecule has 1 unspecified atom stereocenters. The van der Waals surface area contributed by atoms with Crippen LogP contribution in [0.4, 0.5) is 0 Å². The van der Waals surface area contributed by atoms with Gasteiger partial charge in [0.15, 0.2) is 0 Å². The van der Waals surface area contributed by atoms with E-state index in [1.54, 1.807) is 6.92 Å². The normalized spacial score (nSPS) is 11.6. The number of hydrogen-bond acceptors (Lipinski definition) is 5. The van der Waals surface area contributed by atoms with Crippen molar-refractivity contribution in [2.24, 2.45) is 5.73 Å². The van der Waals surface area contributed by atoms with Gasteiger partial charge in [0.2, 0.25) is 0 Å². The van der Waals surface area contributed by atoms with Gasteiger partial charge in [-0.3, -0.25) is 0 Å². The fourth-order valence-electron chi connectivity index (χ4n) is 0.289.